The molecular formula is C17H21N3O. The summed E-state index contributed by atoms with van der Waals surface area (Å²) in [7, 11) is 3.99. The molecular weight excluding hydrogens is 262 g/mol. The summed E-state index contributed by atoms with van der Waals surface area (Å²) < 4.78 is 0. The lowest BCUT2D eigenvalue weighted by Gasteiger charge is -2.14. The van der Waals surface area contributed by atoms with Crippen molar-refractivity contribution in [1.29, 1.82) is 0 Å². The van der Waals surface area contributed by atoms with E-state index < -0.39 is 6.04 Å². The molecule has 0 radical (unpaired) electrons. The van der Waals surface area contributed by atoms with Crippen molar-refractivity contribution in [2.24, 2.45) is 5.73 Å². The number of carbonyl (C=O) groups excluding carboxylic acids is 1. The topological polar surface area (TPSA) is 58.4 Å². The quantitative estimate of drug-likeness (QED) is 0.883. The number of rotatable bonds is 5. The van der Waals surface area contributed by atoms with Crippen molar-refractivity contribution in [3.05, 3.63) is 65.7 Å². The average molecular weight is 283 g/mol. The summed E-state index contributed by atoms with van der Waals surface area (Å²) in [6, 6.07) is 16.8. The summed E-state index contributed by atoms with van der Waals surface area (Å²) in [6.45, 7) is 0.479. The predicted octanol–water partition coefficient (Wildman–Crippen LogP) is 2.07. The zero-order chi connectivity index (χ0) is 15.2. The second-order valence-corrected chi connectivity index (χ2v) is 5.17. The number of hydrogen-bond acceptors (Lipinski definition) is 3. The van der Waals surface area contributed by atoms with Crippen LogP contribution in [0.2, 0.25) is 0 Å². The van der Waals surface area contributed by atoms with Crippen LogP contribution >= 0.6 is 0 Å². The molecule has 0 unspecified atom stereocenters. The Hall–Kier alpha value is -2.33. The monoisotopic (exact) mass is 283 g/mol. The Balaban J connectivity index is 1.92. The van der Waals surface area contributed by atoms with E-state index in [2.05, 4.69) is 5.32 Å². The molecule has 2 aromatic carbocycles. The summed E-state index contributed by atoms with van der Waals surface area (Å²) >= 11 is 0. The van der Waals surface area contributed by atoms with E-state index in [0.717, 1.165) is 16.8 Å². The fourth-order valence-electron chi connectivity index (χ4n) is 2.02. The lowest BCUT2D eigenvalue weighted by Crippen LogP contribution is -2.33. The molecule has 2 aromatic rings. The first kappa shape index (κ1) is 15.1. The summed E-state index contributed by atoms with van der Waals surface area (Å²) in [4.78, 5) is 14.1. The molecule has 0 spiro atoms. The summed E-state index contributed by atoms with van der Waals surface area (Å²) in [5.74, 6) is -0.169. The van der Waals surface area contributed by atoms with Crippen molar-refractivity contribution < 1.29 is 4.79 Å². The van der Waals surface area contributed by atoms with Crippen LogP contribution in [0.1, 0.15) is 17.2 Å². The smallest absolute Gasteiger partial charge is 0.241 e. The van der Waals surface area contributed by atoms with Crippen LogP contribution in [0.3, 0.4) is 0 Å². The highest BCUT2D eigenvalue weighted by Crippen LogP contribution is 2.13. The molecule has 3 N–H and O–H groups in total. The summed E-state index contributed by atoms with van der Waals surface area (Å²) in [5, 5.41) is 2.87. The maximum atomic E-state index is 12.0. The second kappa shape index (κ2) is 6.90. The van der Waals surface area contributed by atoms with Crippen molar-refractivity contribution in [3.8, 4) is 0 Å². The van der Waals surface area contributed by atoms with Gasteiger partial charge in [0.1, 0.15) is 6.04 Å². The largest absolute Gasteiger partial charge is 0.378 e. The Morgan fingerprint density at radius 1 is 1.10 bits per heavy atom. The maximum absolute atomic E-state index is 12.0. The first-order valence-corrected chi connectivity index (χ1v) is 6.92. The van der Waals surface area contributed by atoms with Crippen LogP contribution in [-0.2, 0) is 11.3 Å². The molecule has 0 saturated carbocycles. The van der Waals surface area contributed by atoms with Crippen LogP contribution in [0.5, 0.6) is 0 Å². The standard InChI is InChI=1S/C17H21N3O/c1-20(2)15-10-8-13(9-11-15)12-19-17(21)16(18)14-6-4-3-5-7-14/h3-11,16H,12,18H2,1-2H3,(H,19,21)/t16-/m1/s1. The highest BCUT2D eigenvalue weighted by molar-refractivity contribution is 5.82. The van der Waals surface area contributed by atoms with E-state index in [0.29, 0.717) is 6.54 Å². The zero-order valence-electron chi connectivity index (χ0n) is 12.4. The number of benzene rings is 2. The molecule has 0 aliphatic carbocycles. The molecule has 0 saturated heterocycles. The molecule has 1 amide bonds. The third-order valence-electron chi connectivity index (χ3n) is 3.36. The van der Waals surface area contributed by atoms with Gasteiger partial charge in [-0.05, 0) is 23.3 Å². The molecule has 0 aromatic heterocycles. The second-order valence-electron chi connectivity index (χ2n) is 5.17. The van der Waals surface area contributed by atoms with Gasteiger partial charge in [-0.2, -0.15) is 0 Å². The molecule has 0 heterocycles. The summed E-state index contributed by atoms with van der Waals surface area (Å²) in [5.41, 5.74) is 8.95. The van der Waals surface area contributed by atoms with Crippen molar-refractivity contribution >= 4 is 11.6 Å². The van der Waals surface area contributed by atoms with E-state index in [9.17, 15) is 4.79 Å². The van der Waals surface area contributed by atoms with Crippen molar-refractivity contribution in [1.82, 2.24) is 5.32 Å². The minimum atomic E-state index is -0.632. The lowest BCUT2D eigenvalue weighted by molar-refractivity contribution is -0.122. The van der Waals surface area contributed by atoms with E-state index in [1.807, 2.05) is 73.6 Å². The molecule has 0 aliphatic heterocycles. The van der Waals surface area contributed by atoms with Gasteiger partial charge in [0.2, 0.25) is 5.91 Å². The van der Waals surface area contributed by atoms with Crippen LogP contribution in [0.4, 0.5) is 5.69 Å². The van der Waals surface area contributed by atoms with Crippen LogP contribution in [0.25, 0.3) is 0 Å². The van der Waals surface area contributed by atoms with Gasteiger partial charge < -0.3 is 16.0 Å². The Labute approximate surface area is 125 Å². The van der Waals surface area contributed by atoms with Gasteiger partial charge in [0, 0.05) is 26.3 Å². The van der Waals surface area contributed by atoms with Crippen molar-refractivity contribution in [2.75, 3.05) is 19.0 Å². The zero-order valence-corrected chi connectivity index (χ0v) is 12.4. The van der Waals surface area contributed by atoms with Crippen LogP contribution in [0, 0.1) is 0 Å². The number of hydrogen-bond donors (Lipinski definition) is 2. The van der Waals surface area contributed by atoms with Gasteiger partial charge in [-0.25, -0.2) is 0 Å². The number of nitrogens with zero attached hydrogens (tertiary/aromatic N) is 1. The highest BCUT2D eigenvalue weighted by atomic mass is 16.2. The fraction of sp³-hybridized carbons (Fsp3) is 0.235. The number of anilines is 1. The number of amides is 1. The maximum Gasteiger partial charge on any atom is 0.241 e. The van der Waals surface area contributed by atoms with Gasteiger partial charge in [0.25, 0.3) is 0 Å². The molecule has 0 bridgehead atoms. The number of nitrogens with two attached hydrogens (primary N) is 1. The molecule has 110 valence electrons. The van der Waals surface area contributed by atoms with Gasteiger partial charge in [-0.15, -0.1) is 0 Å². The Morgan fingerprint density at radius 2 is 1.71 bits per heavy atom. The third kappa shape index (κ3) is 4.07. The molecule has 4 heteroatoms. The minimum Gasteiger partial charge on any atom is -0.378 e. The molecule has 0 fully saturated rings. The SMILES string of the molecule is CN(C)c1ccc(CNC(=O)[C@H](N)c2ccccc2)cc1. The van der Waals surface area contributed by atoms with Crippen LogP contribution < -0.4 is 16.0 Å². The predicted molar refractivity (Wildman–Crippen MR) is 86.0 cm³/mol. The molecule has 1 atom stereocenters. The normalized spacial score (nSPS) is 11.8. The van der Waals surface area contributed by atoms with E-state index in [4.69, 9.17) is 5.73 Å². The molecule has 21 heavy (non-hydrogen) atoms. The van der Waals surface area contributed by atoms with E-state index in [1.165, 1.54) is 0 Å². The number of nitrogens with one attached hydrogen (secondary N) is 1. The fourth-order valence-corrected chi connectivity index (χ4v) is 2.02. The number of carbonyl (C=O) groups is 1. The van der Waals surface area contributed by atoms with Crippen molar-refractivity contribution in [3.63, 3.8) is 0 Å². The average Bonchev–Trinajstić information content (AvgIpc) is 2.53. The van der Waals surface area contributed by atoms with Gasteiger partial charge >= 0.3 is 0 Å². The Bertz CT molecular complexity index is 579. The molecule has 2 rings (SSSR count). The van der Waals surface area contributed by atoms with Gasteiger partial charge in [-0.1, -0.05) is 42.5 Å². The first-order valence-electron chi connectivity index (χ1n) is 6.92. The Kier molecular flexibility index (Phi) is 4.95. The van der Waals surface area contributed by atoms with E-state index >= 15 is 0 Å². The van der Waals surface area contributed by atoms with Crippen LogP contribution in [0.15, 0.2) is 54.6 Å². The van der Waals surface area contributed by atoms with Crippen LogP contribution in [-0.4, -0.2) is 20.0 Å². The molecule has 0 aliphatic rings. The van der Waals surface area contributed by atoms with Crippen molar-refractivity contribution in [2.45, 2.75) is 12.6 Å². The highest BCUT2D eigenvalue weighted by Gasteiger charge is 2.14. The lowest BCUT2D eigenvalue weighted by atomic mass is 10.1. The van der Waals surface area contributed by atoms with Gasteiger partial charge in [-0.3, -0.25) is 4.79 Å². The first-order chi connectivity index (χ1) is 10.1. The van der Waals surface area contributed by atoms with Gasteiger partial charge in [0.05, 0.1) is 0 Å². The summed E-state index contributed by atoms with van der Waals surface area (Å²) in [6.07, 6.45) is 0. The minimum absolute atomic E-state index is 0.169. The molecule has 4 nitrogen and oxygen atoms in total. The third-order valence-corrected chi connectivity index (χ3v) is 3.36. The Morgan fingerprint density at radius 3 is 2.29 bits per heavy atom. The van der Waals surface area contributed by atoms with Gasteiger partial charge in [0.15, 0.2) is 0 Å². The van der Waals surface area contributed by atoms with E-state index in [1.54, 1.807) is 0 Å². The van der Waals surface area contributed by atoms with E-state index in [-0.39, 0.29) is 5.91 Å².